The van der Waals surface area contributed by atoms with Crippen LogP contribution in [0.5, 0.6) is 5.75 Å². The first-order valence-electron chi connectivity index (χ1n) is 8.48. The molecule has 0 atom stereocenters. The number of carbonyl (C=O) groups is 1. The number of rotatable bonds is 6. The molecule has 0 unspecified atom stereocenters. The molecular weight excluding hydrogens is 360 g/mol. The molecule has 1 aliphatic heterocycles. The number of nitrogens with zero attached hydrogens (tertiary/aromatic N) is 2. The first-order valence-corrected chi connectivity index (χ1v) is 8.48. The van der Waals surface area contributed by atoms with Crippen molar-refractivity contribution in [1.82, 2.24) is 0 Å². The van der Waals surface area contributed by atoms with Crippen molar-refractivity contribution in [1.29, 1.82) is 0 Å². The quantitative estimate of drug-likeness (QED) is 0.247. The van der Waals surface area contributed by atoms with Gasteiger partial charge < -0.3 is 9.47 Å². The average molecular weight is 378 g/mol. The number of hydrogen-bond acceptors (Lipinski definition) is 6. The molecule has 0 amide bonds. The third kappa shape index (κ3) is 4.32. The van der Waals surface area contributed by atoms with Gasteiger partial charge in [0.25, 0.3) is 5.69 Å². The molecular formula is C21H18N2O5. The minimum absolute atomic E-state index is 0.0424. The molecule has 0 saturated carbocycles. The lowest BCUT2D eigenvalue weighted by molar-refractivity contribution is -0.385. The van der Waals surface area contributed by atoms with Crippen molar-refractivity contribution in [3.05, 3.63) is 87.1 Å². The minimum atomic E-state index is -0.610. The lowest BCUT2D eigenvalue weighted by atomic mass is 10.1. The Labute approximate surface area is 161 Å². The number of esters is 1. The van der Waals surface area contributed by atoms with Gasteiger partial charge in [-0.1, -0.05) is 24.8 Å². The SMILES string of the molecule is C=C(C)COc1ccc(/C=C2\N=C(c3ccc(C)c([N+](=O)[O-])c3)OC2=O)cc1. The monoisotopic (exact) mass is 378 g/mol. The molecule has 3 rings (SSSR count). The minimum Gasteiger partial charge on any atom is -0.489 e. The molecule has 142 valence electrons. The van der Waals surface area contributed by atoms with Gasteiger partial charge in [0, 0.05) is 17.2 Å². The number of benzene rings is 2. The number of hydrogen-bond donors (Lipinski definition) is 0. The van der Waals surface area contributed by atoms with Crippen LogP contribution in [0.15, 0.2) is 65.3 Å². The molecule has 0 fully saturated rings. The molecule has 1 heterocycles. The summed E-state index contributed by atoms with van der Waals surface area (Å²) in [5.41, 5.74) is 2.61. The molecule has 28 heavy (non-hydrogen) atoms. The average Bonchev–Trinajstić information content (AvgIpc) is 3.01. The Bertz CT molecular complexity index is 1020. The molecule has 0 spiro atoms. The Morgan fingerprint density at radius 1 is 1.29 bits per heavy atom. The van der Waals surface area contributed by atoms with E-state index in [0.717, 1.165) is 11.1 Å². The summed E-state index contributed by atoms with van der Waals surface area (Å²) in [6.07, 6.45) is 1.58. The van der Waals surface area contributed by atoms with Gasteiger partial charge in [0.2, 0.25) is 5.90 Å². The predicted octanol–water partition coefficient (Wildman–Crippen LogP) is 4.20. The number of aliphatic imine (C=N–C) groups is 1. The van der Waals surface area contributed by atoms with Crippen LogP contribution in [0.1, 0.15) is 23.6 Å². The van der Waals surface area contributed by atoms with Crippen LogP contribution in [0.2, 0.25) is 0 Å². The Morgan fingerprint density at radius 3 is 2.64 bits per heavy atom. The molecule has 2 aromatic carbocycles. The zero-order valence-electron chi connectivity index (χ0n) is 15.5. The van der Waals surface area contributed by atoms with E-state index < -0.39 is 10.9 Å². The third-order valence-electron chi connectivity index (χ3n) is 3.94. The number of carbonyl (C=O) groups excluding carboxylic acids is 1. The lowest BCUT2D eigenvalue weighted by Crippen LogP contribution is -2.06. The Morgan fingerprint density at radius 2 is 2.00 bits per heavy atom. The van der Waals surface area contributed by atoms with Gasteiger partial charge in [-0.2, -0.15) is 0 Å². The molecule has 0 aromatic heterocycles. The van der Waals surface area contributed by atoms with Crippen molar-refractivity contribution in [2.45, 2.75) is 13.8 Å². The van der Waals surface area contributed by atoms with Crippen LogP contribution in [0.3, 0.4) is 0 Å². The van der Waals surface area contributed by atoms with E-state index in [1.165, 1.54) is 6.07 Å². The second-order valence-corrected chi connectivity index (χ2v) is 6.41. The zero-order valence-corrected chi connectivity index (χ0v) is 15.5. The van der Waals surface area contributed by atoms with E-state index >= 15 is 0 Å². The molecule has 0 bridgehead atoms. The molecule has 1 aliphatic rings. The van der Waals surface area contributed by atoms with E-state index in [0.29, 0.717) is 23.5 Å². The largest absolute Gasteiger partial charge is 0.489 e. The van der Waals surface area contributed by atoms with E-state index in [4.69, 9.17) is 9.47 Å². The number of aryl methyl sites for hydroxylation is 1. The van der Waals surface area contributed by atoms with Crippen molar-refractivity contribution < 1.29 is 19.2 Å². The first-order chi connectivity index (χ1) is 13.3. The van der Waals surface area contributed by atoms with Gasteiger partial charge in [-0.25, -0.2) is 9.79 Å². The Balaban J connectivity index is 1.83. The van der Waals surface area contributed by atoms with Crippen molar-refractivity contribution in [3.63, 3.8) is 0 Å². The highest BCUT2D eigenvalue weighted by Crippen LogP contribution is 2.24. The molecule has 2 aromatic rings. The van der Waals surface area contributed by atoms with Crippen molar-refractivity contribution >= 4 is 23.6 Å². The van der Waals surface area contributed by atoms with Crippen LogP contribution in [0.25, 0.3) is 6.08 Å². The van der Waals surface area contributed by atoms with E-state index in [9.17, 15) is 14.9 Å². The second-order valence-electron chi connectivity index (χ2n) is 6.41. The van der Waals surface area contributed by atoms with Gasteiger partial charge in [0.05, 0.1) is 4.92 Å². The van der Waals surface area contributed by atoms with Gasteiger partial charge in [-0.3, -0.25) is 10.1 Å². The smallest absolute Gasteiger partial charge is 0.363 e. The van der Waals surface area contributed by atoms with Crippen LogP contribution in [-0.2, 0) is 9.53 Å². The third-order valence-corrected chi connectivity index (χ3v) is 3.94. The lowest BCUT2D eigenvalue weighted by Gasteiger charge is -2.05. The summed E-state index contributed by atoms with van der Waals surface area (Å²) in [5.74, 6) is 0.122. The summed E-state index contributed by atoms with van der Waals surface area (Å²) in [7, 11) is 0. The molecule has 0 radical (unpaired) electrons. The number of cyclic esters (lactones) is 1. The predicted molar refractivity (Wildman–Crippen MR) is 105 cm³/mol. The van der Waals surface area contributed by atoms with Crippen LogP contribution in [0.4, 0.5) is 5.69 Å². The number of ether oxygens (including phenoxy) is 2. The summed E-state index contributed by atoms with van der Waals surface area (Å²) < 4.78 is 10.7. The van der Waals surface area contributed by atoms with Crippen molar-refractivity contribution in [2.75, 3.05) is 6.61 Å². The van der Waals surface area contributed by atoms with Gasteiger partial charge in [0.15, 0.2) is 5.70 Å². The zero-order chi connectivity index (χ0) is 20.3. The fourth-order valence-electron chi connectivity index (χ4n) is 2.50. The number of nitro groups is 1. The summed E-state index contributed by atoms with van der Waals surface area (Å²) in [6, 6.07) is 11.7. The van der Waals surface area contributed by atoms with E-state index in [1.807, 2.05) is 6.92 Å². The van der Waals surface area contributed by atoms with Gasteiger partial charge >= 0.3 is 5.97 Å². The van der Waals surface area contributed by atoms with Crippen LogP contribution in [-0.4, -0.2) is 23.4 Å². The molecule has 0 aliphatic carbocycles. The standard InChI is InChI=1S/C21H18N2O5/c1-13(2)12-27-17-8-5-15(6-9-17)10-18-21(24)28-20(22-18)16-7-4-14(3)19(11-16)23(25)26/h4-11H,1,12H2,2-3H3/b18-10-. The Kier molecular flexibility index (Phi) is 5.35. The summed E-state index contributed by atoms with van der Waals surface area (Å²) in [5, 5.41) is 11.1. The van der Waals surface area contributed by atoms with Gasteiger partial charge in [-0.15, -0.1) is 0 Å². The summed E-state index contributed by atoms with van der Waals surface area (Å²) >= 11 is 0. The van der Waals surface area contributed by atoms with E-state index in [1.54, 1.807) is 49.4 Å². The molecule has 7 nitrogen and oxygen atoms in total. The fraction of sp³-hybridized carbons (Fsp3) is 0.143. The number of nitro benzene ring substituents is 1. The first kappa shape index (κ1) is 19.0. The normalized spacial score (nSPS) is 14.6. The topological polar surface area (TPSA) is 91.0 Å². The maximum atomic E-state index is 12.1. The van der Waals surface area contributed by atoms with Gasteiger partial charge in [-0.05, 0) is 49.3 Å². The maximum Gasteiger partial charge on any atom is 0.363 e. The van der Waals surface area contributed by atoms with Crippen LogP contribution in [0, 0.1) is 17.0 Å². The highest BCUT2D eigenvalue weighted by Gasteiger charge is 2.25. The Hall–Kier alpha value is -3.74. The second kappa shape index (κ2) is 7.87. The summed E-state index contributed by atoms with van der Waals surface area (Å²) in [4.78, 5) is 26.9. The van der Waals surface area contributed by atoms with E-state index in [2.05, 4.69) is 11.6 Å². The highest BCUT2D eigenvalue weighted by atomic mass is 16.6. The molecule has 7 heteroatoms. The van der Waals surface area contributed by atoms with Crippen LogP contribution >= 0.6 is 0 Å². The van der Waals surface area contributed by atoms with E-state index in [-0.39, 0.29) is 17.3 Å². The molecule has 0 saturated heterocycles. The maximum absolute atomic E-state index is 12.1. The van der Waals surface area contributed by atoms with Crippen molar-refractivity contribution in [2.24, 2.45) is 4.99 Å². The fourth-order valence-corrected chi connectivity index (χ4v) is 2.50. The van der Waals surface area contributed by atoms with Gasteiger partial charge in [0.1, 0.15) is 12.4 Å². The molecule has 0 N–H and O–H groups in total. The summed E-state index contributed by atoms with van der Waals surface area (Å²) in [6.45, 7) is 7.73. The van der Waals surface area contributed by atoms with Crippen LogP contribution < -0.4 is 4.74 Å². The highest BCUT2D eigenvalue weighted by molar-refractivity contribution is 6.13. The van der Waals surface area contributed by atoms with Crippen molar-refractivity contribution in [3.8, 4) is 5.75 Å².